The quantitative estimate of drug-likeness (QED) is 0.108. The number of esters is 1. The molecule has 0 unspecified atom stereocenters. The lowest BCUT2D eigenvalue weighted by Crippen LogP contribution is -2.13. The number of amides is 1. The second-order valence-electron chi connectivity index (χ2n) is 8.27. The summed E-state index contributed by atoms with van der Waals surface area (Å²) in [5.74, 6) is -1.30. The highest BCUT2D eigenvalue weighted by Gasteiger charge is 2.21. The highest BCUT2D eigenvalue weighted by atomic mass is 32.2. The fraction of sp³-hybridized carbons (Fsp3) is 0.188. The van der Waals surface area contributed by atoms with Crippen LogP contribution in [0.25, 0.3) is 0 Å². The number of rotatable bonds is 8. The van der Waals surface area contributed by atoms with Gasteiger partial charge < -0.3 is 29.4 Å². The van der Waals surface area contributed by atoms with Crippen LogP contribution in [-0.2, 0) is 14.3 Å². The van der Waals surface area contributed by atoms with Crippen molar-refractivity contribution in [3.63, 3.8) is 0 Å². The molecular formula is C32H36F2N2O6S. The van der Waals surface area contributed by atoms with Gasteiger partial charge in [-0.25, -0.2) is 13.6 Å². The number of para-hydroxylation sites is 1. The van der Waals surface area contributed by atoms with Crippen LogP contribution in [0.1, 0.15) is 27.6 Å². The first-order valence-corrected chi connectivity index (χ1v) is 13.9. The Labute approximate surface area is 255 Å². The topological polar surface area (TPSA) is 106 Å². The fourth-order valence-corrected chi connectivity index (χ4v) is 3.40. The van der Waals surface area contributed by atoms with E-state index in [1.807, 2.05) is 37.4 Å². The van der Waals surface area contributed by atoms with E-state index >= 15 is 0 Å². The summed E-state index contributed by atoms with van der Waals surface area (Å²) in [6.07, 6.45) is 1.33. The Kier molecular flexibility index (Phi) is 18.1. The summed E-state index contributed by atoms with van der Waals surface area (Å²) in [6, 6.07) is 25.9. The Morgan fingerprint density at radius 1 is 0.837 bits per heavy atom. The van der Waals surface area contributed by atoms with E-state index in [0.717, 1.165) is 17.7 Å². The van der Waals surface area contributed by atoms with Crippen molar-refractivity contribution < 1.29 is 37.1 Å². The van der Waals surface area contributed by atoms with Crippen molar-refractivity contribution in [3.8, 4) is 5.75 Å². The highest BCUT2D eigenvalue weighted by Crippen LogP contribution is 2.32. The second-order valence-corrected chi connectivity index (χ2v) is 8.64. The smallest absolute Gasteiger partial charge is 0.341 e. The Morgan fingerprint density at radius 2 is 1.33 bits per heavy atom. The van der Waals surface area contributed by atoms with Crippen molar-refractivity contribution in [1.82, 2.24) is 0 Å². The molecule has 0 bridgehead atoms. The van der Waals surface area contributed by atoms with E-state index in [-0.39, 0.29) is 11.3 Å². The molecule has 0 aliphatic carbocycles. The van der Waals surface area contributed by atoms with Gasteiger partial charge in [0.2, 0.25) is 6.41 Å². The zero-order chi connectivity index (χ0) is 32.0. The lowest BCUT2D eigenvalue weighted by atomic mass is 10.0. The molecule has 0 aliphatic rings. The number of carbonyl (C=O) groups excluding carboxylic acids is 2. The third kappa shape index (κ3) is 13.4. The zero-order valence-corrected chi connectivity index (χ0v) is 25.4. The van der Waals surface area contributed by atoms with Gasteiger partial charge in [-0.15, -0.1) is 0 Å². The molecule has 0 radical (unpaired) electrons. The number of carbonyl (C=O) groups is 2. The summed E-state index contributed by atoms with van der Waals surface area (Å²) < 4.78 is 49.4. The van der Waals surface area contributed by atoms with Gasteiger partial charge in [-0.1, -0.05) is 42.5 Å². The van der Waals surface area contributed by atoms with Gasteiger partial charge in [0.25, 0.3) is 0 Å². The van der Waals surface area contributed by atoms with E-state index in [4.69, 9.17) is 14.0 Å². The van der Waals surface area contributed by atoms with Gasteiger partial charge in [0.1, 0.15) is 29.1 Å². The highest BCUT2D eigenvalue weighted by molar-refractivity contribution is 7.93. The first-order chi connectivity index (χ1) is 20.8. The van der Waals surface area contributed by atoms with Crippen molar-refractivity contribution in [2.45, 2.75) is 6.10 Å². The molecule has 230 valence electrons. The summed E-state index contributed by atoms with van der Waals surface area (Å²) in [5.41, 5.74) is 2.83. The molecule has 0 fully saturated rings. The molecule has 4 aromatic rings. The lowest BCUT2D eigenvalue weighted by molar-refractivity contribution is -0.105. The van der Waals surface area contributed by atoms with Crippen molar-refractivity contribution in [1.29, 1.82) is 0 Å². The van der Waals surface area contributed by atoms with Crippen molar-refractivity contribution in [2.24, 2.45) is 0 Å². The normalized spacial score (nSPS) is 9.51. The summed E-state index contributed by atoms with van der Waals surface area (Å²) in [7, 11) is 6.39. The van der Waals surface area contributed by atoms with Crippen molar-refractivity contribution >= 4 is 35.8 Å². The number of ether oxygens (including phenoxy) is 3. The van der Waals surface area contributed by atoms with E-state index in [9.17, 15) is 18.4 Å². The maximum Gasteiger partial charge on any atom is 0.341 e. The Morgan fingerprint density at radius 3 is 1.72 bits per heavy atom. The third-order valence-electron chi connectivity index (χ3n) is 5.26. The lowest BCUT2D eigenvalue weighted by Gasteiger charge is -2.22. The SMILES string of the molecule is CNc1ccccc1.COC.COC(=O)c1cc(NC=O)ccc1OC(c1ccc(F)cc1)c1ccc(F)cc1.CSO. The Balaban J connectivity index is 0.000000547. The second kappa shape index (κ2) is 21.3. The van der Waals surface area contributed by atoms with Gasteiger partial charge in [-0.05, 0) is 77.8 Å². The van der Waals surface area contributed by atoms with E-state index < -0.39 is 23.7 Å². The van der Waals surface area contributed by atoms with Crippen LogP contribution < -0.4 is 15.4 Å². The van der Waals surface area contributed by atoms with E-state index in [2.05, 4.69) is 15.4 Å². The monoisotopic (exact) mass is 614 g/mol. The molecule has 11 heteroatoms. The molecule has 8 nitrogen and oxygen atoms in total. The third-order valence-corrected chi connectivity index (χ3v) is 5.26. The van der Waals surface area contributed by atoms with Gasteiger partial charge in [0.15, 0.2) is 0 Å². The number of benzene rings is 4. The standard InChI is InChI=1S/C22H17F2NO4.C7H9N.C2H6O.CH4OS/c1-28-22(27)19-12-18(25-13-26)10-11-20(19)29-21(14-2-6-16(23)7-3-14)15-4-8-17(24)9-5-15;1-8-7-5-3-2-4-6-7;2*1-3-2/h2-13,21H,1H3,(H,25,26);2-6,8H,1H3;1-2H3;2H,1H3. The van der Waals surface area contributed by atoms with Crippen LogP contribution in [0.2, 0.25) is 0 Å². The predicted octanol–water partition coefficient (Wildman–Crippen LogP) is 7.30. The maximum absolute atomic E-state index is 13.4. The molecule has 4 aromatic carbocycles. The van der Waals surface area contributed by atoms with E-state index in [0.29, 0.717) is 23.2 Å². The fourth-order valence-electron chi connectivity index (χ4n) is 3.40. The summed E-state index contributed by atoms with van der Waals surface area (Å²) >= 11 is 0.750. The number of halogens is 2. The molecule has 0 saturated carbocycles. The largest absolute Gasteiger partial charge is 0.480 e. The number of nitrogens with one attached hydrogen (secondary N) is 2. The number of hydrogen-bond donors (Lipinski definition) is 3. The molecule has 0 aromatic heterocycles. The summed E-state index contributed by atoms with van der Waals surface area (Å²) in [6.45, 7) is 0. The number of methoxy groups -OCH3 is 2. The van der Waals surface area contributed by atoms with Crippen LogP contribution in [0.4, 0.5) is 20.2 Å². The molecule has 0 saturated heterocycles. The van der Waals surface area contributed by atoms with Gasteiger partial charge >= 0.3 is 5.97 Å². The van der Waals surface area contributed by atoms with Crippen LogP contribution in [0, 0.1) is 11.6 Å². The van der Waals surface area contributed by atoms with Gasteiger partial charge in [-0.3, -0.25) is 4.79 Å². The first-order valence-electron chi connectivity index (χ1n) is 12.7. The summed E-state index contributed by atoms with van der Waals surface area (Å²) in [4.78, 5) is 22.9. The molecule has 3 N–H and O–H groups in total. The van der Waals surface area contributed by atoms with E-state index in [1.54, 1.807) is 50.8 Å². The molecular weight excluding hydrogens is 578 g/mol. The average Bonchev–Trinajstić information content (AvgIpc) is 3.02. The molecule has 4 rings (SSSR count). The Bertz CT molecular complexity index is 1300. The van der Waals surface area contributed by atoms with Crippen LogP contribution in [0.15, 0.2) is 97.1 Å². The maximum atomic E-state index is 13.4. The average molecular weight is 615 g/mol. The summed E-state index contributed by atoms with van der Waals surface area (Å²) in [5, 5.41) is 5.48. The van der Waals surface area contributed by atoms with Crippen LogP contribution in [0.5, 0.6) is 5.75 Å². The number of hydrogen-bond acceptors (Lipinski definition) is 8. The zero-order valence-electron chi connectivity index (χ0n) is 24.5. The minimum Gasteiger partial charge on any atom is -0.480 e. The van der Waals surface area contributed by atoms with Crippen molar-refractivity contribution in [2.75, 3.05) is 45.3 Å². The first kappa shape index (κ1) is 36.6. The minimum absolute atomic E-state index is 0.0913. The van der Waals surface area contributed by atoms with Gasteiger partial charge in [0.05, 0.1) is 7.11 Å². The van der Waals surface area contributed by atoms with Gasteiger partial charge in [-0.2, -0.15) is 0 Å². The molecule has 0 heterocycles. The Hall–Kier alpha value is -4.45. The molecule has 0 spiro atoms. The van der Waals surface area contributed by atoms with Crippen molar-refractivity contribution in [3.05, 3.63) is 125 Å². The molecule has 43 heavy (non-hydrogen) atoms. The van der Waals surface area contributed by atoms with E-state index in [1.165, 1.54) is 43.5 Å². The predicted molar refractivity (Wildman–Crippen MR) is 168 cm³/mol. The molecule has 1 amide bonds. The molecule has 0 atom stereocenters. The van der Waals surface area contributed by atoms with Crippen LogP contribution in [0.3, 0.4) is 0 Å². The molecule has 0 aliphatic heterocycles. The number of anilines is 2. The van der Waals surface area contributed by atoms with Crippen LogP contribution >= 0.6 is 12.0 Å². The van der Waals surface area contributed by atoms with Gasteiger partial charge in [0, 0.05) is 38.9 Å². The minimum atomic E-state index is -0.746. The van der Waals surface area contributed by atoms with Crippen LogP contribution in [-0.4, -0.2) is 51.6 Å².